The number of rotatable bonds is 3. The number of hydrogen-bond acceptors (Lipinski definition) is 5. The Bertz CT molecular complexity index is 1390. The standard InChI is InChI=1S/C19H11F3N6O3/c20-19(21,22)10-3-1-2-9(6-10)14-8-13(18(29)26-27-23)17-16(24-14)12-5-4-11(28(30)31)7-15(12)25-17/h1-8,25H,(H2,23,26,29). The molecule has 2 heterocycles. The van der Waals surface area contributed by atoms with E-state index >= 15 is 0 Å². The first-order valence-corrected chi connectivity index (χ1v) is 8.63. The first-order valence-electron chi connectivity index (χ1n) is 8.63. The average molecular weight is 428 g/mol. The highest BCUT2D eigenvalue weighted by Gasteiger charge is 2.30. The van der Waals surface area contributed by atoms with E-state index in [1.165, 1.54) is 36.4 Å². The van der Waals surface area contributed by atoms with Crippen molar-refractivity contribution in [2.45, 2.75) is 6.18 Å². The molecule has 0 saturated carbocycles. The molecule has 9 nitrogen and oxygen atoms in total. The number of nitrogens with one attached hydrogen (secondary N) is 1. The van der Waals surface area contributed by atoms with E-state index in [0.717, 1.165) is 12.1 Å². The van der Waals surface area contributed by atoms with Crippen molar-refractivity contribution in [3.8, 4) is 11.3 Å². The zero-order chi connectivity index (χ0) is 22.3. The molecule has 0 fully saturated rings. The Labute approximate surface area is 170 Å². The van der Waals surface area contributed by atoms with Gasteiger partial charge in [0.25, 0.3) is 11.6 Å². The minimum absolute atomic E-state index is 0.0505. The fourth-order valence-corrected chi connectivity index (χ4v) is 3.23. The molecule has 1 amide bonds. The zero-order valence-corrected chi connectivity index (χ0v) is 15.3. The van der Waals surface area contributed by atoms with Crippen LogP contribution in [-0.4, -0.2) is 20.8 Å². The third-order valence-electron chi connectivity index (χ3n) is 4.61. The van der Waals surface area contributed by atoms with Crippen molar-refractivity contribution >= 4 is 33.5 Å². The highest BCUT2D eigenvalue weighted by atomic mass is 19.4. The number of pyridine rings is 1. The summed E-state index contributed by atoms with van der Waals surface area (Å²) in [7, 11) is 0. The number of aromatic nitrogens is 2. The summed E-state index contributed by atoms with van der Waals surface area (Å²) >= 11 is 0. The predicted molar refractivity (Wildman–Crippen MR) is 104 cm³/mol. The Balaban J connectivity index is 2.02. The summed E-state index contributed by atoms with van der Waals surface area (Å²) in [5.74, 6) is 4.11. The maximum atomic E-state index is 13.1. The Morgan fingerprint density at radius 2 is 1.94 bits per heavy atom. The van der Waals surface area contributed by atoms with Crippen molar-refractivity contribution < 1.29 is 22.9 Å². The topological polar surface area (TPSA) is 140 Å². The number of nitro benzene ring substituents is 1. The molecule has 4 aromatic rings. The summed E-state index contributed by atoms with van der Waals surface area (Å²) < 4.78 is 39.4. The van der Waals surface area contributed by atoms with Gasteiger partial charge < -0.3 is 10.8 Å². The van der Waals surface area contributed by atoms with Crippen molar-refractivity contribution in [3.63, 3.8) is 0 Å². The van der Waals surface area contributed by atoms with E-state index in [1.807, 2.05) is 0 Å². The largest absolute Gasteiger partial charge is 0.416 e. The van der Waals surface area contributed by atoms with Crippen LogP contribution in [0.4, 0.5) is 18.9 Å². The van der Waals surface area contributed by atoms with Crippen molar-refractivity contribution in [1.29, 1.82) is 0 Å². The number of carbonyl (C=O) groups is 1. The van der Waals surface area contributed by atoms with Gasteiger partial charge in [-0.05, 0) is 24.3 Å². The molecule has 0 radical (unpaired) electrons. The van der Waals surface area contributed by atoms with Crippen LogP contribution in [-0.2, 0) is 6.18 Å². The molecule has 2 aromatic heterocycles. The molecule has 0 spiro atoms. The highest BCUT2D eigenvalue weighted by molar-refractivity contribution is 6.14. The quantitative estimate of drug-likeness (QED) is 0.209. The number of fused-ring (bicyclic) bond motifs is 3. The van der Waals surface area contributed by atoms with Crippen LogP contribution in [0.5, 0.6) is 0 Å². The molecule has 3 N–H and O–H groups in total. The number of alkyl halides is 3. The zero-order valence-electron chi connectivity index (χ0n) is 15.3. The van der Waals surface area contributed by atoms with Gasteiger partial charge in [-0.2, -0.15) is 13.2 Å². The molecule has 31 heavy (non-hydrogen) atoms. The minimum Gasteiger partial charge on any atom is -0.352 e. The number of amides is 1. The Hall–Kier alpha value is -4.35. The number of nitrogens with zero attached hydrogens (tertiary/aromatic N) is 4. The van der Waals surface area contributed by atoms with Crippen molar-refractivity contribution in [2.24, 2.45) is 16.2 Å². The van der Waals surface area contributed by atoms with Gasteiger partial charge in [-0.3, -0.25) is 14.9 Å². The van der Waals surface area contributed by atoms with Crippen molar-refractivity contribution in [2.75, 3.05) is 0 Å². The van der Waals surface area contributed by atoms with Gasteiger partial charge in [0, 0.05) is 23.1 Å². The van der Waals surface area contributed by atoms with Crippen LogP contribution in [0.1, 0.15) is 15.9 Å². The number of benzene rings is 2. The maximum Gasteiger partial charge on any atom is 0.416 e. The van der Waals surface area contributed by atoms with E-state index in [9.17, 15) is 28.1 Å². The molecule has 0 unspecified atom stereocenters. The molecule has 2 aromatic carbocycles. The molecule has 156 valence electrons. The summed E-state index contributed by atoms with van der Waals surface area (Å²) in [5.41, 5.74) is -0.177. The lowest BCUT2D eigenvalue weighted by atomic mass is 10.0. The maximum absolute atomic E-state index is 13.1. The van der Waals surface area contributed by atoms with Gasteiger partial charge in [0.15, 0.2) is 0 Å². The van der Waals surface area contributed by atoms with E-state index in [1.54, 1.807) is 0 Å². The van der Waals surface area contributed by atoms with Gasteiger partial charge in [-0.15, -0.1) is 0 Å². The number of nitro groups is 1. The normalized spacial score (nSPS) is 12.1. The number of carbonyl (C=O) groups excluding carboxylic acids is 1. The predicted octanol–water partition coefficient (Wildman–Crippen LogP) is 4.78. The van der Waals surface area contributed by atoms with Gasteiger partial charge >= 0.3 is 6.18 Å². The summed E-state index contributed by atoms with van der Waals surface area (Å²) in [6.45, 7) is 0. The minimum atomic E-state index is -4.56. The monoisotopic (exact) mass is 428 g/mol. The fraction of sp³-hybridized carbons (Fsp3) is 0.0526. The number of aromatic amines is 1. The van der Waals surface area contributed by atoms with Crippen LogP contribution < -0.4 is 5.84 Å². The van der Waals surface area contributed by atoms with Gasteiger partial charge in [-0.1, -0.05) is 22.5 Å². The molecule has 12 heteroatoms. The second kappa shape index (κ2) is 7.16. The van der Waals surface area contributed by atoms with Crippen molar-refractivity contribution in [1.82, 2.24) is 9.97 Å². The molecule has 0 bridgehead atoms. The third kappa shape index (κ3) is 3.54. The van der Waals surface area contributed by atoms with E-state index in [-0.39, 0.29) is 33.5 Å². The lowest BCUT2D eigenvalue weighted by molar-refractivity contribution is -0.384. The van der Waals surface area contributed by atoms with Crippen LogP contribution >= 0.6 is 0 Å². The lowest BCUT2D eigenvalue weighted by Gasteiger charge is -2.09. The summed E-state index contributed by atoms with van der Waals surface area (Å²) in [5, 5.41) is 17.7. The van der Waals surface area contributed by atoms with Crippen LogP contribution in [0.15, 0.2) is 58.9 Å². The molecule has 4 rings (SSSR count). The first kappa shape index (κ1) is 19.9. The second-order valence-corrected chi connectivity index (χ2v) is 6.49. The molecule has 0 aliphatic rings. The summed E-state index contributed by atoms with van der Waals surface area (Å²) in [6.07, 6.45) is -4.56. The Kier molecular flexibility index (Phi) is 4.61. The van der Waals surface area contributed by atoms with Crippen LogP contribution in [0.2, 0.25) is 0 Å². The summed E-state index contributed by atoms with van der Waals surface area (Å²) in [4.78, 5) is 30.2. The lowest BCUT2D eigenvalue weighted by Crippen LogP contribution is -2.05. The smallest absolute Gasteiger partial charge is 0.352 e. The average Bonchev–Trinajstić information content (AvgIpc) is 3.10. The molecular weight excluding hydrogens is 417 g/mol. The van der Waals surface area contributed by atoms with E-state index in [2.05, 4.69) is 20.3 Å². The number of non-ortho nitro benzene ring substituents is 1. The van der Waals surface area contributed by atoms with E-state index in [0.29, 0.717) is 10.9 Å². The first-order chi connectivity index (χ1) is 14.7. The number of hydrogen-bond donors (Lipinski definition) is 2. The van der Waals surface area contributed by atoms with E-state index in [4.69, 9.17) is 5.84 Å². The van der Waals surface area contributed by atoms with Gasteiger partial charge in [0.1, 0.15) is 0 Å². The Morgan fingerprint density at radius 3 is 2.61 bits per heavy atom. The summed E-state index contributed by atoms with van der Waals surface area (Å²) in [6, 6.07) is 9.70. The number of nitrogens with two attached hydrogens (primary N) is 1. The van der Waals surface area contributed by atoms with Crippen molar-refractivity contribution in [3.05, 3.63) is 69.8 Å². The van der Waals surface area contributed by atoms with Crippen LogP contribution in [0.3, 0.4) is 0 Å². The molecular formula is C19H11F3N6O3. The van der Waals surface area contributed by atoms with Crippen LogP contribution in [0, 0.1) is 10.1 Å². The SMILES string of the molecule is NN=NC(=O)c1cc(-c2cccc(C(F)(F)F)c2)nc2c1[nH]c1cc([N+](=O)[O-])ccc12. The highest BCUT2D eigenvalue weighted by Crippen LogP contribution is 2.35. The van der Waals surface area contributed by atoms with E-state index < -0.39 is 22.6 Å². The second-order valence-electron chi connectivity index (χ2n) is 6.49. The van der Waals surface area contributed by atoms with Gasteiger partial charge in [0.2, 0.25) is 0 Å². The molecule has 0 atom stereocenters. The fourth-order valence-electron chi connectivity index (χ4n) is 3.23. The van der Waals surface area contributed by atoms with Gasteiger partial charge in [0.05, 0.1) is 38.3 Å². The third-order valence-corrected chi connectivity index (χ3v) is 4.61. The number of halogens is 3. The Morgan fingerprint density at radius 1 is 1.16 bits per heavy atom. The molecule has 0 aliphatic heterocycles. The number of H-pyrrole nitrogens is 1. The molecule has 0 aliphatic carbocycles. The van der Waals surface area contributed by atoms with Crippen LogP contribution in [0.25, 0.3) is 33.2 Å². The van der Waals surface area contributed by atoms with Gasteiger partial charge in [-0.25, -0.2) is 4.98 Å². The molecule has 0 saturated heterocycles.